The number of ketones is 2. The molecule has 0 heterocycles. The molecule has 0 aliphatic heterocycles. The zero-order valence-corrected chi connectivity index (χ0v) is 16.3. The first-order valence-corrected chi connectivity index (χ1v) is 10.4. The zero-order valence-electron chi connectivity index (χ0n) is 16.3. The van der Waals surface area contributed by atoms with Crippen LogP contribution >= 0.6 is 0 Å². The Kier molecular flexibility index (Phi) is 4.18. The monoisotopic (exact) mass is 346 g/mol. The summed E-state index contributed by atoms with van der Waals surface area (Å²) >= 11 is 0. The summed E-state index contributed by atoms with van der Waals surface area (Å²) in [4.78, 5) is 24.5. The van der Waals surface area contributed by atoms with E-state index >= 15 is 0 Å². The quantitative estimate of drug-likeness (QED) is 0.695. The van der Waals surface area contributed by atoms with Crippen LogP contribution in [0, 0.1) is 40.4 Å². The number of ether oxygens (including phenoxy) is 1. The van der Waals surface area contributed by atoms with Gasteiger partial charge in [0.15, 0.2) is 0 Å². The molecule has 0 aromatic carbocycles. The molecule has 0 N–H and O–H groups in total. The minimum atomic E-state index is -0.330. The zero-order chi connectivity index (χ0) is 18.0. The fourth-order valence-corrected chi connectivity index (χ4v) is 7.84. The van der Waals surface area contributed by atoms with Crippen molar-refractivity contribution >= 4 is 11.6 Å². The van der Waals surface area contributed by atoms with Gasteiger partial charge in [-0.05, 0) is 86.4 Å². The van der Waals surface area contributed by atoms with Crippen molar-refractivity contribution in [3.8, 4) is 0 Å². The highest BCUT2D eigenvalue weighted by atomic mass is 16.5. The summed E-state index contributed by atoms with van der Waals surface area (Å²) < 4.78 is 5.87. The van der Waals surface area contributed by atoms with Crippen LogP contribution in [0.5, 0.6) is 0 Å². The second-order valence-electron chi connectivity index (χ2n) is 10.0. The summed E-state index contributed by atoms with van der Waals surface area (Å²) in [5, 5.41) is 0. The maximum absolute atomic E-state index is 12.5. The molecule has 0 spiro atoms. The van der Waals surface area contributed by atoms with Gasteiger partial charge in [-0.3, -0.25) is 9.59 Å². The van der Waals surface area contributed by atoms with Crippen molar-refractivity contribution in [1.82, 2.24) is 0 Å². The molecule has 3 nitrogen and oxygen atoms in total. The third kappa shape index (κ3) is 2.40. The van der Waals surface area contributed by atoms with Gasteiger partial charge in [-0.25, -0.2) is 0 Å². The van der Waals surface area contributed by atoms with Crippen molar-refractivity contribution in [2.45, 2.75) is 78.2 Å². The van der Waals surface area contributed by atoms with Crippen molar-refractivity contribution in [3.63, 3.8) is 0 Å². The highest BCUT2D eigenvalue weighted by Crippen LogP contribution is 2.66. The maximum Gasteiger partial charge on any atom is 0.143 e. The minimum absolute atomic E-state index is 0.0905. The van der Waals surface area contributed by atoms with Gasteiger partial charge in [-0.1, -0.05) is 13.8 Å². The van der Waals surface area contributed by atoms with Gasteiger partial charge in [0.25, 0.3) is 0 Å². The van der Waals surface area contributed by atoms with Crippen LogP contribution < -0.4 is 0 Å². The molecule has 0 amide bonds. The van der Waals surface area contributed by atoms with E-state index < -0.39 is 0 Å². The average Bonchev–Trinajstić information content (AvgIpc) is 2.91. The Bertz CT molecular complexity index is 584. The minimum Gasteiger partial charge on any atom is -0.381 e. The number of Topliss-reactive ketones (excluding diaryl/α,β-unsaturated/α-hetero) is 2. The van der Waals surface area contributed by atoms with Crippen molar-refractivity contribution in [2.24, 2.45) is 40.4 Å². The molecule has 4 rings (SSSR count). The van der Waals surface area contributed by atoms with E-state index in [0.717, 1.165) is 18.3 Å². The molecule has 8 atom stereocenters. The first-order valence-electron chi connectivity index (χ1n) is 10.4. The SMILES string of the molecule is COC1CC[C@H]2[C@@H]3CCC4CC(=O)C(C(C)=O)C[C@]4(C)[C@@H]3CC[C@]12C. The Morgan fingerprint density at radius 2 is 1.76 bits per heavy atom. The molecule has 0 bridgehead atoms. The number of hydrogen-bond acceptors (Lipinski definition) is 3. The Morgan fingerprint density at radius 3 is 2.44 bits per heavy atom. The lowest BCUT2D eigenvalue weighted by molar-refractivity contribution is -0.155. The van der Waals surface area contributed by atoms with Gasteiger partial charge in [0.05, 0.1) is 12.0 Å². The predicted molar refractivity (Wildman–Crippen MR) is 97.1 cm³/mol. The summed E-state index contributed by atoms with van der Waals surface area (Å²) in [7, 11) is 1.88. The number of carbonyl (C=O) groups excluding carboxylic acids is 2. The fraction of sp³-hybridized carbons (Fsp3) is 0.909. The second-order valence-corrected chi connectivity index (χ2v) is 10.0. The van der Waals surface area contributed by atoms with Crippen LogP contribution in [-0.4, -0.2) is 24.8 Å². The van der Waals surface area contributed by atoms with E-state index in [-0.39, 0.29) is 22.9 Å². The van der Waals surface area contributed by atoms with Crippen molar-refractivity contribution in [2.75, 3.05) is 7.11 Å². The Morgan fingerprint density at radius 1 is 1.04 bits per heavy atom. The first-order chi connectivity index (χ1) is 11.8. The van der Waals surface area contributed by atoms with Crippen molar-refractivity contribution < 1.29 is 14.3 Å². The molecule has 4 saturated carbocycles. The number of fused-ring (bicyclic) bond motifs is 5. The standard InChI is InChI=1S/C22H34O3/c1-13(23)16-12-22(3)14(11-19(16)24)5-6-15-17-7-8-20(25-4)21(17,2)10-9-18(15)22/h14-18,20H,5-12H2,1-4H3/t14?,15-,16?,17-,18+,20?,21-,22-/m0/s1. The van der Waals surface area contributed by atoms with Crippen LogP contribution in [-0.2, 0) is 14.3 Å². The largest absolute Gasteiger partial charge is 0.381 e. The molecule has 4 aliphatic rings. The smallest absolute Gasteiger partial charge is 0.143 e. The van der Waals surface area contributed by atoms with E-state index in [9.17, 15) is 9.59 Å². The van der Waals surface area contributed by atoms with Gasteiger partial charge >= 0.3 is 0 Å². The average molecular weight is 347 g/mol. The summed E-state index contributed by atoms with van der Waals surface area (Å²) in [6.45, 7) is 6.50. The van der Waals surface area contributed by atoms with Gasteiger partial charge in [0, 0.05) is 13.5 Å². The van der Waals surface area contributed by atoms with E-state index in [1.807, 2.05) is 7.11 Å². The number of carbonyl (C=O) groups is 2. The van der Waals surface area contributed by atoms with Crippen molar-refractivity contribution in [1.29, 1.82) is 0 Å². The predicted octanol–water partition coefficient (Wildman–Crippen LogP) is 4.43. The molecule has 4 aliphatic carbocycles. The highest BCUT2D eigenvalue weighted by molar-refractivity contribution is 6.02. The molecule has 25 heavy (non-hydrogen) atoms. The Balaban J connectivity index is 1.63. The van der Waals surface area contributed by atoms with Gasteiger partial charge in [0.1, 0.15) is 11.6 Å². The fourth-order valence-electron chi connectivity index (χ4n) is 7.84. The second kappa shape index (κ2) is 5.90. The third-order valence-electron chi connectivity index (χ3n) is 9.23. The Labute approximate surface area is 152 Å². The summed E-state index contributed by atoms with van der Waals surface area (Å²) in [5.74, 6) is 2.70. The number of rotatable bonds is 2. The molecular weight excluding hydrogens is 312 g/mol. The first kappa shape index (κ1) is 17.7. The molecule has 0 aromatic heterocycles. The van der Waals surface area contributed by atoms with E-state index in [0.29, 0.717) is 29.8 Å². The van der Waals surface area contributed by atoms with Crippen LogP contribution in [0.4, 0.5) is 0 Å². The molecule has 0 saturated heterocycles. The summed E-state index contributed by atoms with van der Waals surface area (Å²) in [5.41, 5.74) is 0.517. The van der Waals surface area contributed by atoms with Gasteiger partial charge in [-0.2, -0.15) is 0 Å². The molecule has 0 radical (unpaired) electrons. The van der Waals surface area contributed by atoms with E-state index in [1.54, 1.807) is 6.92 Å². The van der Waals surface area contributed by atoms with Crippen LogP contribution in [0.25, 0.3) is 0 Å². The lowest BCUT2D eigenvalue weighted by Crippen LogP contribution is -2.56. The van der Waals surface area contributed by atoms with Gasteiger partial charge in [-0.15, -0.1) is 0 Å². The summed E-state index contributed by atoms with van der Waals surface area (Å²) in [6.07, 6.45) is 9.33. The lowest BCUT2D eigenvalue weighted by atomic mass is 9.44. The molecular formula is C22H34O3. The Hall–Kier alpha value is -0.700. The van der Waals surface area contributed by atoms with Crippen molar-refractivity contribution in [3.05, 3.63) is 0 Å². The van der Waals surface area contributed by atoms with Crippen LogP contribution in [0.2, 0.25) is 0 Å². The van der Waals surface area contributed by atoms with E-state index in [2.05, 4.69) is 13.8 Å². The summed E-state index contributed by atoms with van der Waals surface area (Å²) in [6, 6.07) is 0. The normalized spacial score (nSPS) is 52.2. The van der Waals surface area contributed by atoms with Crippen LogP contribution in [0.15, 0.2) is 0 Å². The lowest BCUT2D eigenvalue weighted by Gasteiger charge is -2.60. The number of hydrogen-bond donors (Lipinski definition) is 0. The molecule has 3 unspecified atom stereocenters. The highest BCUT2D eigenvalue weighted by Gasteiger charge is 2.61. The molecule has 0 aromatic rings. The number of methoxy groups -OCH3 is 1. The van der Waals surface area contributed by atoms with Crippen LogP contribution in [0.3, 0.4) is 0 Å². The maximum atomic E-state index is 12.5. The van der Waals surface area contributed by atoms with E-state index in [4.69, 9.17) is 4.74 Å². The van der Waals surface area contributed by atoms with E-state index in [1.165, 1.54) is 38.5 Å². The molecule has 140 valence electrons. The van der Waals surface area contributed by atoms with Gasteiger partial charge < -0.3 is 4.74 Å². The van der Waals surface area contributed by atoms with Gasteiger partial charge in [0.2, 0.25) is 0 Å². The third-order valence-corrected chi connectivity index (χ3v) is 9.23. The topological polar surface area (TPSA) is 43.4 Å². The van der Waals surface area contributed by atoms with Crippen LogP contribution in [0.1, 0.15) is 72.1 Å². The molecule has 3 heteroatoms. The molecule has 4 fully saturated rings.